The molecule has 0 aliphatic rings. The molecule has 0 radical (unpaired) electrons. The zero-order valence-electron chi connectivity index (χ0n) is 10.7. The molecule has 0 fully saturated rings. The SMILES string of the molecule is CCCn1ccc(CNC(C)CCSC)c1. The van der Waals surface area contributed by atoms with Gasteiger partial charge in [0.05, 0.1) is 0 Å². The molecule has 0 saturated carbocycles. The van der Waals surface area contributed by atoms with Gasteiger partial charge in [-0.05, 0) is 43.4 Å². The van der Waals surface area contributed by atoms with Crippen LogP contribution in [0.1, 0.15) is 32.3 Å². The largest absolute Gasteiger partial charge is 0.354 e. The maximum atomic E-state index is 3.56. The van der Waals surface area contributed by atoms with E-state index < -0.39 is 0 Å². The van der Waals surface area contributed by atoms with Crippen LogP contribution in [0.15, 0.2) is 18.5 Å². The van der Waals surface area contributed by atoms with Crippen LogP contribution in [0.25, 0.3) is 0 Å². The molecule has 1 rings (SSSR count). The Balaban J connectivity index is 2.25. The van der Waals surface area contributed by atoms with E-state index in [0.29, 0.717) is 6.04 Å². The number of rotatable bonds is 8. The highest BCUT2D eigenvalue weighted by molar-refractivity contribution is 7.98. The van der Waals surface area contributed by atoms with Crippen molar-refractivity contribution in [3.63, 3.8) is 0 Å². The molecule has 1 atom stereocenters. The fourth-order valence-corrected chi connectivity index (χ4v) is 2.27. The summed E-state index contributed by atoms with van der Waals surface area (Å²) in [5.74, 6) is 1.24. The lowest BCUT2D eigenvalue weighted by atomic mass is 10.2. The first-order valence-corrected chi connectivity index (χ1v) is 7.52. The molecule has 0 bridgehead atoms. The van der Waals surface area contributed by atoms with E-state index in [1.54, 1.807) is 0 Å². The van der Waals surface area contributed by atoms with Crippen molar-refractivity contribution in [2.75, 3.05) is 12.0 Å². The van der Waals surface area contributed by atoms with Crippen molar-refractivity contribution in [1.82, 2.24) is 9.88 Å². The van der Waals surface area contributed by atoms with Crippen LogP contribution in [-0.4, -0.2) is 22.6 Å². The molecule has 0 amide bonds. The second-order valence-electron chi connectivity index (χ2n) is 4.32. The average Bonchev–Trinajstić information content (AvgIpc) is 2.72. The molecule has 1 aromatic heterocycles. The highest BCUT2D eigenvalue weighted by Gasteiger charge is 2.01. The minimum Gasteiger partial charge on any atom is -0.354 e. The summed E-state index contributed by atoms with van der Waals surface area (Å²) >= 11 is 1.92. The molecule has 3 heteroatoms. The lowest BCUT2D eigenvalue weighted by Gasteiger charge is -2.12. The third-order valence-corrected chi connectivity index (χ3v) is 3.35. The standard InChI is InChI=1S/C13H24N2S/c1-4-7-15-8-5-13(11-15)10-14-12(2)6-9-16-3/h5,8,11-12,14H,4,6-7,9-10H2,1-3H3. The lowest BCUT2D eigenvalue weighted by molar-refractivity contribution is 0.537. The molecule has 1 heterocycles. The number of hydrogen-bond acceptors (Lipinski definition) is 2. The van der Waals surface area contributed by atoms with Crippen molar-refractivity contribution in [3.8, 4) is 0 Å². The number of aromatic nitrogens is 1. The second-order valence-corrected chi connectivity index (χ2v) is 5.31. The molecule has 0 spiro atoms. The summed E-state index contributed by atoms with van der Waals surface area (Å²) in [5.41, 5.74) is 1.39. The summed E-state index contributed by atoms with van der Waals surface area (Å²) in [7, 11) is 0. The molecular weight excluding hydrogens is 216 g/mol. The Kier molecular flexibility index (Phi) is 6.65. The van der Waals surface area contributed by atoms with Gasteiger partial charge in [-0.1, -0.05) is 6.92 Å². The van der Waals surface area contributed by atoms with E-state index >= 15 is 0 Å². The zero-order chi connectivity index (χ0) is 11.8. The Labute approximate surface area is 104 Å². The average molecular weight is 240 g/mol. The zero-order valence-corrected chi connectivity index (χ0v) is 11.5. The molecular formula is C13H24N2S. The Morgan fingerprint density at radius 1 is 1.50 bits per heavy atom. The third kappa shape index (κ3) is 5.08. The summed E-state index contributed by atoms with van der Waals surface area (Å²) in [6.07, 6.45) is 9.03. The van der Waals surface area contributed by atoms with Crippen molar-refractivity contribution in [2.45, 2.75) is 45.8 Å². The predicted molar refractivity (Wildman–Crippen MR) is 74.0 cm³/mol. The molecule has 1 aromatic rings. The highest BCUT2D eigenvalue weighted by Crippen LogP contribution is 2.04. The van der Waals surface area contributed by atoms with Gasteiger partial charge in [-0.25, -0.2) is 0 Å². The molecule has 1 N–H and O–H groups in total. The number of nitrogens with one attached hydrogen (secondary N) is 1. The first-order valence-electron chi connectivity index (χ1n) is 6.13. The van der Waals surface area contributed by atoms with Crippen LogP contribution in [0.4, 0.5) is 0 Å². The third-order valence-electron chi connectivity index (χ3n) is 2.70. The maximum absolute atomic E-state index is 3.56. The van der Waals surface area contributed by atoms with Crippen molar-refractivity contribution in [2.24, 2.45) is 0 Å². The van der Waals surface area contributed by atoms with E-state index in [9.17, 15) is 0 Å². The molecule has 0 aromatic carbocycles. The quantitative estimate of drug-likeness (QED) is 0.752. The molecule has 2 nitrogen and oxygen atoms in total. The summed E-state index contributed by atoms with van der Waals surface area (Å²) < 4.78 is 2.27. The Hall–Kier alpha value is -0.410. The number of aryl methyl sites for hydroxylation is 1. The van der Waals surface area contributed by atoms with Gasteiger partial charge in [0.2, 0.25) is 0 Å². The van der Waals surface area contributed by atoms with Crippen LogP contribution in [0.5, 0.6) is 0 Å². The summed E-state index contributed by atoms with van der Waals surface area (Å²) in [5, 5.41) is 3.56. The fourth-order valence-electron chi connectivity index (χ4n) is 1.68. The van der Waals surface area contributed by atoms with E-state index in [1.165, 1.54) is 24.2 Å². The summed E-state index contributed by atoms with van der Waals surface area (Å²) in [6.45, 7) is 6.59. The fraction of sp³-hybridized carbons (Fsp3) is 0.692. The van der Waals surface area contributed by atoms with Crippen LogP contribution < -0.4 is 5.32 Å². The van der Waals surface area contributed by atoms with E-state index in [-0.39, 0.29) is 0 Å². The predicted octanol–water partition coefficient (Wildman–Crippen LogP) is 3.13. The summed E-state index contributed by atoms with van der Waals surface area (Å²) in [6, 6.07) is 2.83. The molecule has 1 unspecified atom stereocenters. The molecule has 0 aliphatic heterocycles. The van der Waals surface area contributed by atoms with Gasteiger partial charge in [-0.2, -0.15) is 11.8 Å². The minimum absolute atomic E-state index is 0.613. The molecule has 92 valence electrons. The van der Waals surface area contributed by atoms with Crippen molar-refractivity contribution >= 4 is 11.8 Å². The number of hydrogen-bond donors (Lipinski definition) is 1. The van der Waals surface area contributed by atoms with Gasteiger partial charge in [-0.3, -0.25) is 0 Å². The van der Waals surface area contributed by atoms with Gasteiger partial charge < -0.3 is 9.88 Å². The van der Waals surface area contributed by atoms with E-state index in [1.807, 2.05) is 11.8 Å². The van der Waals surface area contributed by atoms with Crippen LogP contribution in [-0.2, 0) is 13.1 Å². The van der Waals surface area contributed by atoms with Crippen molar-refractivity contribution in [3.05, 3.63) is 24.0 Å². The van der Waals surface area contributed by atoms with Crippen molar-refractivity contribution in [1.29, 1.82) is 0 Å². The van der Waals surface area contributed by atoms with Crippen LogP contribution in [0.2, 0.25) is 0 Å². The molecule has 16 heavy (non-hydrogen) atoms. The molecule has 0 aliphatic carbocycles. The van der Waals surface area contributed by atoms with Crippen LogP contribution in [0, 0.1) is 0 Å². The Morgan fingerprint density at radius 3 is 3.00 bits per heavy atom. The number of nitrogens with zero attached hydrogens (tertiary/aromatic N) is 1. The first kappa shape index (κ1) is 13.7. The highest BCUT2D eigenvalue weighted by atomic mass is 32.2. The van der Waals surface area contributed by atoms with Gasteiger partial charge in [0.25, 0.3) is 0 Å². The number of thioether (sulfide) groups is 1. The van der Waals surface area contributed by atoms with Gasteiger partial charge >= 0.3 is 0 Å². The first-order chi connectivity index (χ1) is 7.76. The van der Waals surface area contributed by atoms with E-state index in [4.69, 9.17) is 0 Å². The summed E-state index contributed by atoms with van der Waals surface area (Å²) in [4.78, 5) is 0. The van der Waals surface area contributed by atoms with Crippen molar-refractivity contribution < 1.29 is 0 Å². The smallest absolute Gasteiger partial charge is 0.0223 e. The van der Waals surface area contributed by atoms with E-state index in [2.05, 4.69) is 48.4 Å². The minimum atomic E-state index is 0.613. The van der Waals surface area contributed by atoms with Gasteiger partial charge in [0, 0.05) is 31.5 Å². The molecule has 0 saturated heterocycles. The van der Waals surface area contributed by atoms with Gasteiger partial charge in [0.15, 0.2) is 0 Å². The maximum Gasteiger partial charge on any atom is 0.0223 e. The monoisotopic (exact) mass is 240 g/mol. The van der Waals surface area contributed by atoms with Gasteiger partial charge in [-0.15, -0.1) is 0 Å². The lowest BCUT2D eigenvalue weighted by Crippen LogP contribution is -2.25. The van der Waals surface area contributed by atoms with Crippen LogP contribution in [0.3, 0.4) is 0 Å². The Bertz CT molecular complexity index is 283. The van der Waals surface area contributed by atoms with Gasteiger partial charge in [0.1, 0.15) is 0 Å². The van der Waals surface area contributed by atoms with Crippen LogP contribution >= 0.6 is 11.8 Å². The van der Waals surface area contributed by atoms with E-state index in [0.717, 1.165) is 13.1 Å². The topological polar surface area (TPSA) is 17.0 Å². The second kappa shape index (κ2) is 7.80. The normalized spacial score (nSPS) is 12.9. The Morgan fingerprint density at radius 2 is 2.31 bits per heavy atom.